The van der Waals surface area contributed by atoms with Crippen molar-refractivity contribution in [3.8, 4) is 0 Å². The largest absolute Gasteiger partial charge is 0.371 e. The maximum atomic E-state index is 6.15. The molecule has 134 valence electrons. The van der Waals surface area contributed by atoms with Crippen LogP contribution in [0.5, 0.6) is 0 Å². The maximum absolute atomic E-state index is 6.15. The first-order valence-corrected chi connectivity index (χ1v) is 9.02. The number of halogens is 1. The summed E-state index contributed by atoms with van der Waals surface area (Å²) in [6.45, 7) is 2.73. The van der Waals surface area contributed by atoms with Gasteiger partial charge < -0.3 is 14.4 Å². The molecule has 0 amide bonds. The van der Waals surface area contributed by atoms with E-state index in [9.17, 15) is 0 Å². The van der Waals surface area contributed by atoms with Gasteiger partial charge in [0.05, 0.1) is 18.7 Å². The molecule has 3 aromatic rings. The molecule has 4 heterocycles. The second-order valence-electron chi connectivity index (χ2n) is 6.67. The zero-order chi connectivity index (χ0) is 17.5. The molecule has 0 N–H and O–H groups in total. The predicted molar refractivity (Wildman–Crippen MR) is 97.5 cm³/mol. The van der Waals surface area contributed by atoms with Crippen LogP contribution in [-0.4, -0.2) is 58.3 Å². The Bertz CT molecular complexity index is 903. The van der Waals surface area contributed by atoms with Crippen LogP contribution < -0.4 is 4.90 Å². The molecule has 0 aliphatic carbocycles. The smallest absolute Gasteiger partial charge is 0.137 e. The van der Waals surface area contributed by atoms with Gasteiger partial charge in [0.1, 0.15) is 30.9 Å². The summed E-state index contributed by atoms with van der Waals surface area (Å²) >= 11 is 6.10. The summed E-state index contributed by atoms with van der Waals surface area (Å²) in [4.78, 5) is 10.7. The summed E-state index contributed by atoms with van der Waals surface area (Å²) in [5.74, 6) is 0. The van der Waals surface area contributed by atoms with Gasteiger partial charge in [-0.2, -0.15) is 5.10 Å². The van der Waals surface area contributed by atoms with Crippen LogP contribution in [0.15, 0.2) is 43.1 Å². The standard InChI is InChI=1S/C18H18ClN5O2/c19-12-1-2-14-15(5-12)21-4-3-16(14)23-6-17-18(7-23)26-9-13(8-25-17)24-11-20-10-22-24/h1-5,10-11,13,17-18H,6-9H2/t17-,18-/m0/s1. The molecule has 0 spiro atoms. The predicted octanol–water partition coefficient (Wildman–Crippen LogP) is 2.33. The molecule has 2 saturated heterocycles. The van der Waals surface area contributed by atoms with Crippen molar-refractivity contribution in [2.45, 2.75) is 18.2 Å². The first-order chi connectivity index (χ1) is 12.8. The number of benzene rings is 1. The van der Waals surface area contributed by atoms with Crippen molar-refractivity contribution >= 4 is 28.2 Å². The molecule has 2 atom stereocenters. The molecule has 2 aliphatic rings. The Labute approximate surface area is 155 Å². The van der Waals surface area contributed by atoms with Gasteiger partial charge in [-0.1, -0.05) is 11.6 Å². The number of rotatable bonds is 2. The number of ether oxygens (including phenoxy) is 2. The number of aromatic nitrogens is 4. The van der Waals surface area contributed by atoms with Crippen LogP contribution in [0.1, 0.15) is 6.04 Å². The molecule has 7 nitrogen and oxygen atoms in total. The first-order valence-electron chi connectivity index (χ1n) is 8.64. The van der Waals surface area contributed by atoms with E-state index in [1.54, 1.807) is 11.0 Å². The molecule has 5 rings (SSSR count). The quantitative estimate of drug-likeness (QED) is 0.689. The highest BCUT2D eigenvalue weighted by molar-refractivity contribution is 6.31. The molecule has 26 heavy (non-hydrogen) atoms. The van der Waals surface area contributed by atoms with Crippen molar-refractivity contribution in [1.29, 1.82) is 0 Å². The Balaban J connectivity index is 1.36. The molecular weight excluding hydrogens is 354 g/mol. The minimum absolute atomic E-state index is 0.0408. The minimum Gasteiger partial charge on any atom is -0.371 e. The lowest BCUT2D eigenvalue weighted by Gasteiger charge is -2.21. The van der Waals surface area contributed by atoms with Gasteiger partial charge in [-0.25, -0.2) is 9.67 Å². The highest BCUT2D eigenvalue weighted by Crippen LogP contribution is 2.32. The molecule has 0 saturated carbocycles. The van der Waals surface area contributed by atoms with Crippen LogP contribution >= 0.6 is 11.6 Å². The fourth-order valence-corrected chi connectivity index (χ4v) is 3.89. The van der Waals surface area contributed by atoms with E-state index in [-0.39, 0.29) is 18.2 Å². The van der Waals surface area contributed by atoms with Gasteiger partial charge in [0.15, 0.2) is 0 Å². The molecule has 0 bridgehead atoms. The number of pyridine rings is 1. The minimum atomic E-state index is 0.0408. The summed E-state index contributed by atoms with van der Waals surface area (Å²) in [6.07, 6.45) is 5.15. The average Bonchev–Trinajstić information content (AvgIpc) is 3.28. The zero-order valence-electron chi connectivity index (χ0n) is 14.0. The lowest BCUT2D eigenvalue weighted by Crippen LogP contribution is -2.27. The summed E-state index contributed by atoms with van der Waals surface area (Å²) < 4.78 is 14.1. The first kappa shape index (κ1) is 16.0. The molecule has 0 radical (unpaired) electrons. The Kier molecular flexibility index (Phi) is 4.00. The maximum Gasteiger partial charge on any atom is 0.137 e. The summed E-state index contributed by atoms with van der Waals surface area (Å²) in [7, 11) is 0. The van der Waals surface area contributed by atoms with E-state index in [2.05, 4.69) is 20.0 Å². The molecule has 2 aliphatic heterocycles. The van der Waals surface area contributed by atoms with Crippen LogP contribution in [0.25, 0.3) is 10.9 Å². The second-order valence-corrected chi connectivity index (χ2v) is 7.11. The summed E-state index contributed by atoms with van der Waals surface area (Å²) in [6, 6.07) is 7.93. The Morgan fingerprint density at radius 1 is 1.08 bits per heavy atom. The van der Waals surface area contributed by atoms with Crippen LogP contribution in [0.3, 0.4) is 0 Å². The van der Waals surface area contributed by atoms with E-state index in [0.717, 1.165) is 29.7 Å². The van der Waals surface area contributed by atoms with E-state index in [4.69, 9.17) is 21.1 Å². The Morgan fingerprint density at radius 3 is 2.62 bits per heavy atom. The number of hydrogen-bond acceptors (Lipinski definition) is 6. The highest BCUT2D eigenvalue weighted by Gasteiger charge is 2.38. The molecule has 2 fully saturated rings. The monoisotopic (exact) mass is 371 g/mol. The highest BCUT2D eigenvalue weighted by atomic mass is 35.5. The third-order valence-corrected chi connectivity index (χ3v) is 5.29. The van der Waals surface area contributed by atoms with Crippen LogP contribution in [0.2, 0.25) is 5.02 Å². The van der Waals surface area contributed by atoms with E-state index in [0.29, 0.717) is 18.2 Å². The van der Waals surface area contributed by atoms with Gasteiger partial charge in [0.25, 0.3) is 0 Å². The molecule has 2 aromatic heterocycles. The number of hydrogen-bond donors (Lipinski definition) is 0. The zero-order valence-corrected chi connectivity index (χ0v) is 14.8. The lowest BCUT2D eigenvalue weighted by molar-refractivity contribution is -0.00461. The van der Waals surface area contributed by atoms with Gasteiger partial charge in [-0.05, 0) is 24.3 Å². The molecule has 1 aromatic carbocycles. The topological polar surface area (TPSA) is 65.3 Å². The average molecular weight is 372 g/mol. The second kappa shape index (κ2) is 6.50. The van der Waals surface area contributed by atoms with Gasteiger partial charge >= 0.3 is 0 Å². The van der Waals surface area contributed by atoms with Crippen LogP contribution in [0, 0.1) is 0 Å². The normalized spacial score (nSPS) is 24.0. The number of anilines is 1. The van der Waals surface area contributed by atoms with E-state index < -0.39 is 0 Å². The van der Waals surface area contributed by atoms with Crippen molar-refractivity contribution in [3.05, 3.63) is 48.1 Å². The van der Waals surface area contributed by atoms with Gasteiger partial charge in [-0.3, -0.25) is 4.98 Å². The SMILES string of the molecule is Clc1ccc2c(N3C[C@@H]4OCC(n5cncn5)CO[C@H]4C3)ccnc2c1. The number of fused-ring (bicyclic) bond motifs is 2. The van der Waals surface area contributed by atoms with Gasteiger partial charge in [0.2, 0.25) is 0 Å². The van der Waals surface area contributed by atoms with E-state index in [1.807, 2.05) is 30.5 Å². The van der Waals surface area contributed by atoms with Gasteiger partial charge in [0, 0.05) is 35.4 Å². The molecular formula is C18H18ClN5O2. The van der Waals surface area contributed by atoms with Crippen molar-refractivity contribution in [3.63, 3.8) is 0 Å². The fourth-order valence-electron chi connectivity index (χ4n) is 3.72. The third kappa shape index (κ3) is 2.82. The van der Waals surface area contributed by atoms with Crippen molar-refractivity contribution in [2.75, 3.05) is 31.2 Å². The van der Waals surface area contributed by atoms with Crippen molar-refractivity contribution < 1.29 is 9.47 Å². The van der Waals surface area contributed by atoms with E-state index in [1.165, 1.54) is 6.33 Å². The molecule has 8 heteroatoms. The molecule has 0 unspecified atom stereocenters. The third-order valence-electron chi connectivity index (χ3n) is 5.05. The summed E-state index contributed by atoms with van der Waals surface area (Å²) in [5, 5.41) is 5.98. The Hall–Kier alpha value is -2.22. The van der Waals surface area contributed by atoms with Crippen LogP contribution in [0.4, 0.5) is 5.69 Å². The van der Waals surface area contributed by atoms with Crippen molar-refractivity contribution in [2.24, 2.45) is 0 Å². The van der Waals surface area contributed by atoms with E-state index >= 15 is 0 Å². The van der Waals surface area contributed by atoms with Gasteiger partial charge in [-0.15, -0.1) is 0 Å². The van der Waals surface area contributed by atoms with Crippen LogP contribution in [-0.2, 0) is 9.47 Å². The lowest BCUT2D eigenvalue weighted by atomic mass is 10.2. The fraction of sp³-hybridized carbons (Fsp3) is 0.389. The summed E-state index contributed by atoms with van der Waals surface area (Å²) in [5.41, 5.74) is 2.04. The number of nitrogens with zero attached hydrogens (tertiary/aromatic N) is 5. The van der Waals surface area contributed by atoms with Crippen molar-refractivity contribution in [1.82, 2.24) is 19.7 Å². The Morgan fingerprint density at radius 2 is 1.88 bits per heavy atom.